The average Bonchev–Trinajstić information content (AvgIpc) is 3.30. The zero-order valence-corrected chi connectivity index (χ0v) is 18.2. The molecule has 0 fully saturated rings. The molecule has 0 aliphatic rings. The normalized spacial score (nSPS) is 11.5. The van der Waals surface area contributed by atoms with E-state index in [1.807, 2.05) is 29.8 Å². The number of thiazole rings is 1. The third-order valence-electron chi connectivity index (χ3n) is 4.11. The Morgan fingerprint density at radius 2 is 1.93 bits per heavy atom. The molecule has 1 aromatic carbocycles. The number of hydrogen-bond donors (Lipinski definition) is 2. The number of nitrogens with zero attached hydrogens (tertiary/aromatic N) is 1. The highest BCUT2D eigenvalue weighted by molar-refractivity contribution is 7.89. The van der Waals surface area contributed by atoms with Gasteiger partial charge in [-0.1, -0.05) is 12.1 Å². The van der Waals surface area contributed by atoms with Crippen LogP contribution in [0.15, 0.2) is 39.9 Å². The number of hydrogen-bond acceptors (Lipinski definition) is 6. The van der Waals surface area contributed by atoms with Crippen LogP contribution in [-0.2, 0) is 10.0 Å². The van der Waals surface area contributed by atoms with Gasteiger partial charge < -0.3 is 5.32 Å². The van der Waals surface area contributed by atoms with E-state index in [4.69, 9.17) is 0 Å². The zero-order chi connectivity index (χ0) is 20.3. The van der Waals surface area contributed by atoms with Crippen LogP contribution in [0.5, 0.6) is 0 Å². The van der Waals surface area contributed by atoms with E-state index < -0.39 is 10.0 Å². The van der Waals surface area contributed by atoms with Gasteiger partial charge in [0.05, 0.1) is 10.6 Å². The van der Waals surface area contributed by atoms with Crippen LogP contribution in [0.2, 0.25) is 0 Å². The third kappa shape index (κ3) is 4.67. The predicted molar refractivity (Wildman–Crippen MR) is 114 cm³/mol. The van der Waals surface area contributed by atoms with Gasteiger partial charge in [-0.25, -0.2) is 18.1 Å². The molecular formula is C19H21N3O3S3. The summed E-state index contributed by atoms with van der Waals surface area (Å²) in [5.74, 6) is -0.248. The number of thiophene rings is 1. The fraction of sp³-hybridized carbons (Fsp3) is 0.263. The predicted octanol–water partition coefficient (Wildman–Crippen LogP) is 3.51. The van der Waals surface area contributed by atoms with Gasteiger partial charge in [0.15, 0.2) is 0 Å². The van der Waals surface area contributed by atoms with E-state index >= 15 is 0 Å². The van der Waals surface area contributed by atoms with Gasteiger partial charge in [0.2, 0.25) is 10.0 Å². The maximum absolute atomic E-state index is 12.5. The summed E-state index contributed by atoms with van der Waals surface area (Å²) >= 11 is 2.91. The standard InChI is InChI=1S/C19H21N3O3S3/c1-12-4-5-13(2)16(10-12)28(24,25)21-8-7-20-18(23)17-14(3)22-19(27-17)15-6-9-26-11-15/h4-6,9-11,21H,7-8H2,1-3H3,(H,20,23). The van der Waals surface area contributed by atoms with Crippen LogP contribution in [0.4, 0.5) is 0 Å². The second kappa shape index (κ2) is 8.52. The lowest BCUT2D eigenvalue weighted by Gasteiger charge is -2.10. The average molecular weight is 436 g/mol. The van der Waals surface area contributed by atoms with Crippen molar-refractivity contribution in [2.24, 2.45) is 0 Å². The monoisotopic (exact) mass is 435 g/mol. The van der Waals surface area contributed by atoms with Crippen LogP contribution in [0.1, 0.15) is 26.5 Å². The molecule has 0 saturated carbocycles. The molecule has 9 heteroatoms. The number of aromatic nitrogens is 1. The smallest absolute Gasteiger partial charge is 0.263 e. The Kier molecular flexibility index (Phi) is 6.29. The molecule has 0 aliphatic heterocycles. The fourth-order valence-electron chi connectivity index (χ4n) is 2.63. The van der Waals surface area contributed by atoms with E-state index in [1.54, 1.807) is 37.3 Å². The lowest BCUT2D eigenvalue weighted by atomic mass is 10.2. The minimum atomic E-state index is -3.62. The first-order chi connectivity index (χ1) is 13.3. The largest absolute Gasteiger partial charge is 0.350 e. The second-order valence-electron chi connectivity index (χ2n) is 6.37. The molecule has 2 heterocycles. The second-order valence-corrected chi connectivity index (χ2v) is 9.88. The Hall–Kier alpha value is -2.07. The van der Waals surface area contributed by atoms with Gasteiger partial charge in [-0.2, -0.15) is 11.3 Å². The highest BCUT2D eigenvalue weighted by atomic mass is 32.2. The Labute approximate surface area is 172 Å². The molecule has 0 aliphatic carbocycles. The topological polar surface area (TPSA) is 88.2 Å². The zero-order valence-electron chi connectivity index (χ0n) is 15.8. The Balaban J connectivity index is 1.58. The molecule has 0 saturated heterocycles. The number of carbonyl (C=O) groups is 1. The van der Waals surface area contributed by atoms with Crippen LogP contribution in [0.3, 0.4) is 0 Å². The van der Waals surface area contributed by atoms with Crippen molar-refractivity contribution in [3.63, 3.8) is 0 Å². The number of sulfonamides is 1. The van der Waals surface area contributed by atoms with E-state index in [0.29, 0.717) is 16.1 Å². The van der Waals surface area contributed by atoms with Crippen molar-refractivity contribution < 1.29 is 13.2 Å². The number of nitrogens with one attached hydrogen (secondary N) is 2. The quantitative estimate of drug-likeness (QED) is 0.556. The summed E-state index contributed by atoms with van der Waals surface area (Å²) in [7, 11) is -3.62. The fourth-order valence-corrected chi connectivity index (χ4v) is 5.69. The van der Waals surface area contributed by atoms with Crippen molar-refractivity contribution in [2.75, 3.05) is 13.1 Å². The first-order valence-electron chi connectivity index (χ1n) is 8.63. The summed E-state index contributed by atoms with van der Waals surface area (Å²) in [5.41, 5.74) is 3.22. The molecule has 1 amide bonds. The van der Waals surface area contributed by atoms with Gasteiger partial charge in [0.25, 0.3) is 5.91 Å². The van der Waals surface area contributed by atoms with Crippen molar-refractivity contribution in [1.82, 2.24) is 15.0 Å². The van der Waals surface area contributed by atoms with Crippen molar-refractivity contribution >= 4 is 38.6 Å². The van der Waals surface area contributed by atoms with Crippen molar-refractivity contribution in [3.05, 3.63) is 56.7 Å². The van der Waals surface area contributed by atoms with E-state index in [1.165, 1.54) is 11.3 Å². The molecule has 0 radical (unpaired) electrons. The van der Waals surface area contributed by atoms with Crippen molar-refractivity contribution in [3.8, 4) is 10.6 Å². The van der Waals surface area contributed by atoms with Gasteiger partial charge in [-0.05, 0) is 49.4 Å². The van der Waals surface area contributed by atoms with E-state index in [0.717, 1.165) is 16.1 Å². The van der Waals surface area contributed by atoms with Crippen LogP contribution in [-0.4, -0.2) is 32.4 Å². The number of carbonyl (C=O) groups excluding carboxylic acids is 1. The first-order valence-corrected chi connectivity index (χ1v) is 11.9. The molecule has 0 bridgehead atoms. The summed E-state index contributed by atoms with van der Waals surface area (Å²) in [6.45, 7) is 5.70. The summed E-state index contributed by atoms with van der Waals surface area (Å²) in [5, 5.41) is 7.51. The molecule has 3 rings (SSSR count). The van der Waals surface area contributed by atoms with Gasteiger partial charge in [0, 0.05) is 24.0 Å². The maximum Gasteiger partial charge on any atom is 0.263 e. The summed E-state index contributed by atoms with van der Waals surface area (Å²) in [6, 6.07) is 7.26. The lowest BCUT2D eigenvalue weighted by Crippen LogP contribution is -2.34. The van der Waals surface area contributed by atoms with Gasteiger partial charge in [-0.3, -0.25) is 4.79 Å². The Morgan fingerprint density at radius 3 is 2.64 bits per heavy atom. The van der Waals surface area contributed by atoms with E-state index in [9.17, 15) is 13.2 Å². The molecule has 0 spiro atoms. The Morgan fingerprint density at radius 1 is 1.14 bits per heavy atom. The van der Waals surface area contributed by atoms with Crippen LogP contribution in [0, 0.1) is 20.8 Å². The van der Waals surface area contributed by atoms with Gasteiger partial charge >= 0.3 is 0 Å². The minimum Gasteiger partial charge on any atom is -0.350 e. The molecule has 2 aromatic heterocycles. The van der Waals surface area contributed by atoms with Gasteiger partial charge in [0.1, 0.15) is 9.88 Å². The molecular weight excluding hydrogens is 414 g/mol. The highest BCUT2D eigenvalue weighted by Gasteiger charge is 2.18. The Bertz CT molecular complexity index is 1090. The molecule has 148 valence electrons. The minimum absolute atomic E-state index is 0.108. The summed E-state index contributed by atoms with van der Waals surface area (Å²) < 4.78 is 27.5. The van der Waals surface area contributed by atoms with Crippen molar-refractivity contribution in [2.45, 2.75) is 25.7 Å². The summed E-state index contributed by atoms with van der Waals surface area (Å²) in [6.07, 6.45) is 0. The first kappa shape index (κ1) is 20.7. The molecule has 2 N–H and O–H groups in total. The SMILES string of the molecule is Cc1ccc(C)c(S(=O)(=O)NCCNC(=O)c2sc(-c3ccsc3)nc2C)c1. The molecule has 3 aromatic rings. The van der Waals surface area contributed by atoms with Gasteiger partial charge in [-0.15, -0.1) is 11.3 Å². The third-order valence-corrected chi connectivity index (χ3v) is 7.60. The number of rotatable bonds is 7. The number of benzene rings is 1. The summed E-state index contributed by atoms with van der Waals surface area (Å²) in [4.78, 5) is 17.7. The van der Waals surface area contributed by atoms with Crippen LogP contribution >= 0.6 is 22.7 Å². The van der Waals surface area contributed by atoms with E-state index in [2.05, 4.69) is 15.0 Å². The number of aryl methyl sites for hydroxylation is 3. The molecule has 28 heavy (non-hydrogen) atoms. The molecule has 6 nitrogen and oxygen atoms in total. The lowest BCUT2D eigenvalue weighted by molar-refractivity contribution is 0.0957. The number of amides is 1. The van der Waals surface area contributed by atoms with Crippen LogP contribution < -0.4 is 10.0 Å². The van der Waals surface area contributed by atoms with E-state index in [-0.39, 0.29) is 23.9 Å². The highest BCUT2D eigenvalue weighted by Crippen LogP contribution is 2.29. The van der Waals surface area contributed by atoms with Crippen molar-refractivity contribution in [1.29, 1.82) is 0 Å². The molecule has 0 unspecified atom stereocenters. The maximum atomic E-state index is 12.5. The molecule has 0 atom stereocenters. The van der Waals surface area contributed by atoms with Crippen LogP contribution in [0.25, 0.3) is 10.6 Å².